The summed E-state index contributed by atoms with van der Waals surface area (Å²) in [5.74, 6) is -2.57. The van der Waals surface area contributed by atoms with Gasteiger partial charge >= 0.3 is 5.97 Å². The predicted octanol–water partition coefficient (Wildman–Crippen LogP) is 1.89. The van der Waals surface area contributed by atoms with Crippen LogP contribution in [0.4, 0.5) is 4.39 Å². The van der Waals surface area contributed by atoms with Crippen LogP contribution in [0.5, 0.6) is 5.75 Å². The number of hydrogen-bond acceptors (Lipinski definition) is 4. The second-order valence-electron chi connectivity index (χ2n) is 5.58. The summed E-state index contributed by atoms with van der Waals surface area (Å²) in [7, 11) is 1.32. The van der Waals surface area contributed by atoms with Crippen molar-refractivity contribution in [1.29, 1.82) is 0 Å². The van der Waals surface area contributed by atoms with Crippen molar-refractivity contribution >= 4 is 11.9 Å². The van der Waals surface area contributed by atoms with Gasteiger partial charge in [-0.05, 0) is 37.5 Å². The monoisotopic (exact) mass is 325 g/mol. The molecule has 3 atom stereocenters. The van der Waals surface area contributed by atoms with E-state index in [0.29, 0.717) is 19.4 Å². The first kappa shape index (κ1) is 17.2. The van der Waals surface area contributed by atoms with Crippen LogP contribution in [-0.4, -0.2) is 36.8 Å². The van der Waals surface area contributed by atoms with Crippen LogP contribution in [0.25, 0.3) is 0 Å². The highest BCUT2D eigenvalue weighted by molar-refractivity contribution is 5.86. The molecule has 1 aliphatic heterocycles. The van der Waals surface area contributed by atoms with Gasteiger partial charge in [-0.25, -0.2) is 9.18 Å². The van der Waals surface area contributed by atoms with Crippen LogP contribution in [0, 0.1) is 11.7 Å². The number of amides is 1. The summed E-state index contributed by atoms with van der Waals surface area (Å²) in [5.41, 5.74) is 0.157. The second-order valence-corrected chi connectivity index (χ2v) is 5.58. The van der Waals surface area contributed by atoms with E-state index in [1.54, 1.807) is 0 Å². The highest BCUT2D eigenvalue weighted by atomic mass is 19.1. The number of carboxylic acid groups (broad SMARTS) is 1. The highest BCUT2D eigenvalue weighted by Gasteiger charge is 2.30. The maximum absolute atomic E-state index is 13.8. The number of aliphatic carboxylic acids is 1. The molecule has 0 saturated carbocycles. The van der Waals surface area contributed by atoms with Crippen molar-refractivity contribution in [3.05, 3.63) is 29.6 Å². The molecule has 6 nitrogen and oxygen atoms in total. The minimum Gasteiger partial charge on any atom is -0.494 e. The fourth-order valence-corrected chi connectivity index (χ4v) is 2.65. The van der Waals surface area contributed by atoms with Gasteiger partial charge in [0.15, 0.2) is 17.6 Å². The zero-order valence-electron chi connectivity index (χ0n) is 13.0. The van der Waals surface area contributed by atoms with Gasteiger partial charge in [0.05, 0.1) is 13.2 Å². The third-order valence-electron chi connectivity index (χ3n) is 3.90. The van der Waals surface area contributed by atoms with Crippen molar-refractivity contribution in [2.75, 3.05) is 13.7 Å². The summed E-state index contributed by atoms with van der Waals surface area (Å²) in [6.07, 6.45) is 1.04. The fraction of sp³-hybridized carbons (Fsp3) is 0.500. The molecule has 1 fully saturated rings. The molecule has 0 bridgehead atoms. The van der Waals surface area contributed by atoms with Gasteiger partial charge in [0.2, 0.25) is 5.91 Å². The Morgan fingerprint density at radius 1 is 1.48 bits per heavy atom. The molecule has 0 spiro atoms. The van der Waals surface area contributed by atoms with Crippen LogP contribution in [0.15, 0.2) is 18.2 Å². The number of methoxy groups -OCH3 is 1. The summed E-state index contributed by atoms with van der Waals surface area (Å²) >= 11 is 0. The van der Waals surface area contributed by atoms with Gasteiger partial charge < -0.3 is 19.9 Å². The lowest BCUT2D eigenvalue weighted by Gasteiger charge is -2.27. The Kier molecular flexibility index (Phi) is 5.54. The molecular formula is C16H20FNO5. The van der Waals surface area contributed by atoms with Gasteiger partial charge in [-0.2, -0.15) is 0 Å². The third kappa shape index (κ3) is 4.19. The summed E-state index contributed by atoms with van der Waals surface area (Å²) in [6, 6.07) is 2.52. The molecule has 1 aromatic rings. The Labute approximate surface area is 133 Å². The third-order valence-corrected chi connectivity index (χ3v) is 3.90. The largest absolute Gasteiger partial charge is 0.494 e. The van der Waals surface area contributed by atoms with E-state index in [9.17, 15) is 19.1 Å². The smallest absolute Gasteiger partial charge is 0.330 e. The molecule has 23 heavy (non-hydrogen) atoms. The average molecular weight is 325 g/mol. The maximum Gasteiger partial charge on any atom is 0.330 e. The topological polar surface area (TPSA) is 84.9 Å². The Morgan fingerprint density at radius 3 is 2.78 bits per heavy atom. The molecule has 2 rings (SSSR count). The number of rotatable bonds is 5. The molecule has 7 heteroatoms. The number of carboxylic acids is 1. The molecule has 1 aliphatic rings. The highest BCUT2D eigenvalue weighted by Crippen LogP contribution is 2.24. The average Bonchev–Trinajstić information content (AvgIpc) is 2.52. The molecule has 0 aromatic heterocycles. The molecule has 0 radical (unpaired) electrons. The van der Waals surface area contributed by atoms with Crippen molar-refractivity contribution in [3.63, 3.8) is 0 Å². The van der Waals surface area contributed by atoms with Gasteiger partial charge in [-0.1, -0.05) is 6.07 Å². The van der Waals surface area contributed by atoms with E-state index in [4.69, 9.17) is 9.47 Å². The Hall–Kier alpha value is -2.15. The Balaban J connectivity index is 2.14. The predicted molar refractivity (Wildman–Crippen MR) is 79.6 cm³/mol. The number of hydrogen-bond donors (Lipinski definition) is 2. The van der Waals surface area contributed by atoms with Crippen LogP contribution in [0.3, 0.4) is 0 Å². The van der Waals surface area contributed by atoms with E-state index >= 15 is 0 Å². The molecule has 1 aromatic carbocycles. The van der Waals surface area contributed by atoms with Gasteiger partial charge in [-0.15, -0.1) is 0 Å². The maximum atomic E-state index is 13.8. The zero-order valence-corrected chi connectivity index (χ0v) is 13.0. The van der Waals surface area contributed by atoms with Crippen LogP contribution < -0.4 is 10.1 Å². The van der Waals surface area contributed by atoms with Gasteiger partial charge in [0, 0.05) is 12.5 Å². The van der Waals surface area contributed by atoms with Crippen LogP contribution in [0.1, 0.15) is 31.4 Å². The number of carbonyl (C=O) groups excluding carboxylic acids is 1. The normalized spacial score (nSPS) is 22.2. The lowest BCUT2D eigenvalue weighted by molar-refractivity contribution is -0.143. The van der Waals surface area contributed by atoms with E-state index in [1.807, 2.05) is 6.92 Å². The van der Waals surface area contributed by atoms with Crippen molar-refractivity contribution < 1.29 is 28.6 Å². The fourth-order valence-electron chi connectivity index (χ4n) is 2.65. The van der Waals surface area contributed by atoms with E-state index in [-0.39, 0.29) is 29.2 Å². The molecule has 3 unspecified atom stereocenters. The van der Waals surface area contributed by atoms with E-state index in [2.05, 4.69) is 5.32 Å². The standard InChI is InChI=1S/C16H20FNO5/c1-9-7-11(5-6-23-9)15(19)18-14(16(20)21)10-3-4-13(22-2)12(17)8-10/h3-4,8-9,11,14H,5-7H2,1-2H3,(H,18,19)(H,20,21). The molecular weight excluding hydrogens is 305 g/mol. The number of carbonyl (C=O) groups is 2. The number of halogens is 1. The Morgan fingerprint density at radius 2 is 2.22 bits per heavy atom. The summed E-state index contributed by atoms with van der Waals surface area (Å²) < 4.78 is 24.0. The summed E-state index contributed by atoms with van der Waals surface area (Å²) in [4.78, 5) is 23.7. The van der Waals surface area contributed by atoms with Crippen LogP contribution >= 0.6 is 0 Å². The minimum absolute atomic E-state index is 0.0162. The van der Waals surface area contributed by atoms with E-state index in [0.717, 1.165) is 6.07 Å². The molecule has 1 amide bonds. The lowest BCUT2D eigenvalue weighted by Crippen LogP contribution is -2.40. The van der Waals surface area contributed by atoms with Gasteiger partial charge in [0.1, 0.15) is 0 Å². The van der Waals surface area contributed by atoms with Crippen molar-refractivity contribution in [2.45, 2.75) is 31.9 Å². The summed E-state index contributed by atoms with van der Waals surface area (Å²) in [6.45, 7) is 2.33. The minimum atomic E-state index is -1.30. The van der Waals surface area contributed by atoms with E-state index < -0.39 is 17.8 Å². The summed E-state index contributed by atoms with van der Waals surface area (Å²) in [5, 5.41) is 11.8. The molecule has 0 aliphatic carbocycles. The van der Waals surface area contributed by atoms with Crippen molar-refractivity contribution in [1.82, 2.24) is 5.32 Å². The number of benzene rings is 1. The zero-order chi connectivity index (χ0) is 17.0. The molecule has 1 saturated heterocycles. The Bertz CT molecular complexity index is 592. The van der Waals surface area contributed by atoms with Gasteiger partial charge in [0.25, 0.3) is 0 Å². The lowest BCUT2D eigenvalue weighted by atomic mass is 9.94. The second kappa shape index (κ2) is 7.41. The van der Waals surface area contributed by atoms with E-state index in [1.165, 1.54) is 19.2 Å². The van der Waals surface area contributed by atoms with Crippen LogP contribution in [0.2, 0.25) is 0 Å². The molecule has 2 N–H and O–H groups in total. The quantitative estimate of drug-likeness (QED) is 0.863. The van der Waals surface area contributed by atoms with Crippen LogP contribution in [-0.2, 0) is 14.3 Å². The van der Waals surface area contributed by atoms with Gasteiger partial charge in [-0.3, -0.25) is 4.79 Å². The molecule has 1 heterocycles. The SMILES string of the molecule is COc1ccc(C(NC(=O)C2CCOC(C)C2)C(=O)O)cc1F. The van der Waals surface area contributed by atoms with Crippen molar-refractivity contribution in [3.8, 4) is 5.75 Å². The number of nitrogens with one attached hydrogen (secondary N) is 1. The van der Waals surface area contributed by atoms with Crippen molar-refractivity contribution in [2.24, 2.45) is 5.92 Å². The first-order valence-corrected chi connectivity index (χ1v) is 7.40. The number of ether oxygens (including phenoxy) is 2. The molecule has 126 valence electrons. The first-order chi connectivity index (χ1) is 10.9. The first-order valence-electron chi connectivity index (χ1n) is 7.40.